The molecule has 124 valence electrons. The minimum absolute atomic E-state index is 0.410. The van der Waals surface area contributed by atoms with E-state index < -0.39 is 50.2 Å². The minimum atomic E-state index is -4.77. The molecule has 0 saturated heterocycles. The van der Waals surface area contributed by atoms with Gasteiger partial charge in [-0.25, -0.2) is 8.42 Å². The highest BCUT2D eigenvalue weighted by Crippen LogP contribution is 2.33. The molecule has 22 heavy (non-hydrogen) atoms. The molecule has 0 radical (unpaired) electrons. The van der Waals surface area contributed by atoms with Crippen molar-refractivity contribution in [1.29, 1.82) is 0 Å². The number of sulfonamides is 1. The van der Waals surface area contributed by atoms with Crippen LogP contribution in [0.2, 0.25) is 5.02 Å². The van der Waals surface area contributed by atoms with Crippen LogP contribution in [0, 0.1) is 0 Å². The van der Waals surface area contributed by atoms with Gasteiger partial charge in [-0.1, -0.05) is 11.6 Å². The second-order valence-corrected chi connectivity index (χ2v) is 7.04. The maximum absolute atomic E-state index is 12.7. The summed E-state index contributed by atoms with van der Waals surface area (Å²) in [7, 11) is -4.43. The highest BCUT2D eigenvalue weighted by molar-refractivity contribution is 7.89. The Kier molecular flexibility index (Phi) is 5.47. The summed E-state index contributed by atoms with van der Waals surface area (Å²) < 4.78 is 63.6. The van der Waals surface area contributed by atoms with Gasteiger partial charge in [0.25, 0.3) is 0 Å². The third kappa shape index (κ3) is 4.34. The van der Waals surface area contributed by atoms with E-state index in [1.165, 1.54) is 13.8 Å². The number of hydrogen-bond donors (Lipinski definition) is 1. The lowest BCUT2D eigenvalue weighted by Crippen LogP contribution is -2.40. The Balaban J connectivity index is 3.44. The fourth-order valence-electron chi connectivity index (χ4n) is 1.69. The van der Waals surface area contributed by atoms with E-state index in [1.807, 2.05) is 0 Å². The molecule has 1 aromatic carbocycles. The maximum Gasteiger partial charge on any atom is 0.416 e. The average Bonchev–Trinajstić information content (AvgIpc) is 2.33. The highest BCUT2D eigenvalue weighted by Gasteiger charge is 2.35. The number of nitrogens with zero attached hydrogens (tertiary/aromatic N) is 1. The van der Waals surface area contributed by atoms with Crippen LogP contribution in [0.25, 0.3) is 0 Å². The number of benzene rings is 1. The molecule has 1 aromatic rings. The van der Waals surface area contributed by atoms with Crippen molar-refractivity contribution in [2.75, 3.05) is 6.54 Å². The molecule has 10 heteroatoms. The average molecular weight is 360 g/mol. The first-order valence-electron chi connectivity index (χ1n) is 5.97. The van der Waals surface area contributed by atoms with Gasteiger partial charge >= 0.3 is 12.1 Å². The Hall–Kier alpha value is -1.32. The third-order valence-electron chi connectivity index (χ3n) is 2.67. The summed E-state index contributed by atoms with van der Waals surface area (Å²) in [4.78, 5) is 10.1. The molecule has 0 bridgehead atoms. The lowest BCUT2D eigenvalue weighted by molar-refractivity contribution is -0.138. The van der Waals surface area contributed by atoms with E-state index in [0.29, 0.717) is 16.4 Å². The number of carboxylic acid groups (broad SMARTS) is 1. The molecule has 1 N–H and O–H groups in total. The number of halogens is 4. The van der Waals surface area contributed by atoms with E-state index >= 15 is 0 Å². The zero-order chi connectivity index (χ0) is 17.3. The van der Waals surface area contributed by atoms with Crippen molar-refractivity contribution in [3.05, 3.63) is 28.8 Å². The van der Waals surface area contributed by atoms with Crippen LogP contribution in [-0.2, 0) is 21.0 Å². The largest absolute Gasteiger partial charge is 0.480 e. The fraction of sp³-hybridized carbons (Fsp3) is 0.417. The third-order valence-corrected chi connectivity index (χ3v) is 4.89. The summed E-state index contributed by atoms with van der Waals surface area (Å²) in [6.45, 7) is 1.96. The molecule has 0 amide bonds. The molecule has 0 heterocycles. The van der Waals surface area contributed by atoms with Gasteiger partial charge < -0.3 is 5.11 Å². The predicted molar refractivity (Wildman–Crippen MR) is 73.1 cm³/mol. The second-order valence-electron chi connectivity index (χ2n) is 4.71. The van der Waals surface area contributed by atoms with Crippen molar-refractivity contribution in [2.24, 2.45) is 0 Å². The van der Waals surface area contributed by atoms with Gasteiger partial charge in [0.2, 0.25) is 10.0 Å². The highest BCUT2D eigenvalue weighted by atomic mass is 35.5. The Labute approximate surface area is 130 Å². The molecule has 0 atom stereocenters. The molecule has 0 aliphatic heterocycles. The van der Waals surface area contributed by atoms with Gasteiger partial charge in [-0.3, -0.25) is 4.79 Å². The topological polar surface area (TPSA) is 74.7 Å². The standard InChI is InChI=1S/C12H13ClF3NO4S/c1-7(2)17(6-11(18)19)22(20,21)10-4-8(12(14,15)16)3-9(13)5-10/h3-5,7H,6H2,1-2H3,(H,18,19). The summed E-state index contributed by atoms with van der Waals surface area (Å²) in [5.74, 6) is -1.42. The quantitative estimate of drug-likeness (QED) is 0.877. The normalized spacial score (nSPS) is 12.9. The van der Waals surface area contributed by atoms with Crippen LogP contribution in [-0.4, -0.2) is 36.4 Å². The van der Waals surface area contributed by atoms with Crippen LogP contribution in [0.3, 0.4) is 0 Å². The Morgan fingerprint density at radius 2 is 1.86 bits per heavy atom. The van der Waals surface area contributed by atoms with Crippen LogP contribution < -0.4 is 0 Å². The first kappa shape index (κ1) is 18.7. The van der Waals surface area contributed by atoms with Crippen molar-refractivity contribution in [3.8, 4) is 0 Å². The van der Waals surface area contributed by atoms with Crippen molar-refractivity contribution in [3.63, 3.8) is 0 Å². The van der Waals surface area contributed by atoms with Crippen LogP contribution >= 0.6 is 11.6 Å². The van der Waals surface area contributed by atoms with E-state index in [-0.39, 0.29) is 0 Å². The number of hydrogen-bond acceptors (Lipinski definition) is 3. The van der Waals surface area contributed by atoms with E-state index in [2.05, 4.69) is 0 Å². The smallest absolute Gasteiger partial charge is 0.416 e. The van der Waals surface area contributed by atoms with Gasteiger partial charge in [0.15, 0.2) is 0 Å². The van der Waals surface area contributed by atoms with Gasteiger partial charge in [-0.15, -0.1) is 0 Å². The maximum atomic E-state index is 12.7. The lowest BCUT2D eigenvalue weighted by Gasteiger charge is -2.24. The first-order valence-corrected chi connectivity index (χ1v) is 7.79. The molecule has 0 fully saturated rings. The molecule has 0 unspecified atom stereocenters. The molecular weight excluding hydrogens is 347 g/mol. The van der Waals surface area contributed by atoms with Crippen molar-refractivity contribution >= 4 is 27.6 Å². The van der Waals surface area contributed by atoms with E-state index in [4.69, 9.17) is 16.7 Å². The summed E-state index contributed by atoms with van der Waals surface area (Å²) in [6.07, 6.45) is -4.77. The van der Waals surface area contributed by atoms with E-state index in [1.54, 1.807) is 0 Å². The molecule has 0 aromatic heterocycles. The number of rotatable bonds is 5. The first-order chi connectivity index (χ1) is 9.85. The zero-order valence-corrected chi connectivity index (χ0v) is 13.1. The van der Waals surface area contributed by atoms with Crippen molar-refractivity contribution < 1.29 is 31.5 Å². The van der Waals surface area contributed by atoms with Gasteiger partial charge in [0.05, 0.1) is 10.5 Å². The molecule has 0 spiro atoms. The SMILES string of the molecule is CC(C)N(CC(=O)O)S(=O)(=O)c1cc(Cl)cc(C(F)(F)F)c1. The van der Waals surface area contributed by atoms with Crippen molar-refractivity contribution in [2.45, 2.75) is 31.0 Å². The Morgan fingerprint density at radius 1 is 1.32 bits per heavy atom. The van der Waals surface area contributed by atoms with Crippen LogP contribution in [0.1, 0.15) is 19.4 Å². The van der Waals surface area contributed by atoms with Gasteiger partial charge in [0, 0.05) is 11.1 Å². The van der Waals surface area contributed by atoms with Crippen LogP contribution in [0.15, 0.2) is 23.1 Å². The summed E-state index contributed by atoms with van der Waals surface area (Å²) in [5, 5.41) is 8.36. The molecule has 5 nitrogen and oxygen atoms in total. The van der Waals surface area contributed by atoms with E-state index in [9.17, 15) is 26.4 Å². The predicted octanol–water partition coefficient (Wildman–Crippen LogP) is 2.84. The summed E-state index contributed by atoms with van der Waals surface area (Å²) in [5.41, 5.74) is -1.22. The number of alkyl halides is 3. The minimum Gasteiger partial charge on any atom is -0.480 e. The molecule has 0 saturated carbocycles. The molecular formula is C12H13ClF3NO4S. The molecule has 1 rings (SSSR count). The second kappa shape index (κ2) is 6.43. The van der Waals surface area contributed by atoms with Crippen LogP contribution in [0.5, 0.6) is 0 Å². The number of aliphatic carboxylic acids is 1. The summed E-state index contributed by atoms with van der Waals surface area (Å²) >= 11 is 5.55. The number of carbonyl (C=O) groups is 1. The fourth-order valence-corrected chi connectivity index (χ4v) is 3.65. The van der Waals surface area contributed by atoms with Gasteiger partial charge in [-0.2, -0.15) is 17.5 Å². The molecule has 0 aliphatic carbocycles. The Morgan fingerprint density at radius 3 is 2.27 bits per heavy atom. The Bertz CT molecular complexity index is 673. The molecule has 0 aliphatic rings. The van der Waals surface area contributed by atoms with Crippen LogP contribution in [0.4, 0.5) is 13.2 Å². The van der Waals surface area contributed by atoms with Gasteiger partial charge in [-0.05, 0) is 32.0 Å². The van der Waals surface area contributed by atoms with Crippen molar-refractivity contribution in [1.82, 2.24) is 4.31 Å². The zero-order valence-electron chi connectivity index (χ0n) is 11.6. The summed E-state index contributed by atoms with van der Waals surface area (Å²) in [6, 6.07) is 1.12. The monoisotopic (exact) mass is 359 g/mol. The van der Waals surface area contributed by atoms with E-state index in [0.717, 1.165) is 6.07 Å². The number of carboxylic acids is 1. The lowest BCUT2D eigenvalue weighted by atomic mass is 10.2. The van der Waals surface area contributed by atoms with Gasteiger partial charge in [0.1, 0.15) is 6.54 Å².